The molecular weight excluding hydrogens is 262 g/mol. The van der Waals surface area contributed by atoms with Gasteiger partial charge in [0.05, 0.1) is 6.54 Å². The molecule has 0 saturated heterocycles. The summed E-state index contributed by atoms with van der Waals surface area (Å²) >= 11 is 0. The fourth-order valence-electron chi connectivity index (χ4n) is 2.02. The first-order valence-corrected chi connectivity index (χ1v) is 7.69. The zero-order chi connectivity index (χ0) is 15.8. The maximum atomic E-state index is 11.9. The largest absolute Gasteiger partial charge is 0.365 e. The van der Waals surface area contributed by atoms with Crippen molar-refractivity contribution >= 4 is 11.6 Å². The molecule has 1 amide bonds. The molecule has 0 spiro atoms. The third-order valence-corrected chi connectivity index (χ3v) is 3.19. The van der Waals surface area contributed by atoms with Crippen LogP contribution >= 0.6 is 0 Å². The monoisotopic (exact) mass is 291 g/mol. The highest BCUT2D eigenvalue weighted by atomic mass is 16.2. The van der Waals surface area contributed by atoms with Crippen LogP contribution in [0.15, 0.2) is 24.3 Å². The van der Waals surface area contributed by atoms with Crippen LogP contribution in [0.5, 0.6) is 0 Å². The Hall–Kier alpha value is -1.55. The molecule has 21 heavy (non-hydrogen) atoms. The molecule has 0 heterocycles. The number of carbonyl (C=O) groups excluding carboxylic acids is 1. The van der Waals surface area contributed by atoms with Crippen molar-refractivity contribution in [3.63, 3.8) is 0 Å². The third-order valence-electron chi connectivity index (χ3n) is 3.19. The van der Waals surface area contributed by atoms with Crippen molar-refractivity contribution in [1.82, 2.24) is 10.6 Å². The maximum absolute atomic E-state index is 11.9. The van der Waals surface area contributed by atoms with E-state index in [0.29, 0.717) is 18.5 Å². The normalized spacial score (nSPS) is 11.0. The smallest absolute Gasteiger partial charge is 0.239 e. The lowest BCUT2D eigenvalue weighted by molar-refractivity contribution is -0.119. The SMILES string of the molecule is CC(C)CNC(=O)CN(C)c1ccccc1CNC(C)C. The maximum Gasteiger partial charge on any atom is 0.239 e. The molecule has 118 valence electrons. The van der Waals surface area contributed by atoms with Crippen molar-refractivity contribution in [1.29, 1.82) is 0 Å². The number of nitrogens with one attached hydrogen (secondary N) is 2. The lowest BCUT2D eigenvalue weighted by Crippen LogP contribution is -2.37. The second kappa shape index (κ2) is 8.67. The first kappa shape index (κ1) is 17.5. The van der Waals surface area contributed by atoms with Gasteiger partial charge >= 0.3 is 0 Å². The van der Waals surface area contributed by atoms with Gasteiger partial charge in [0.2, 0.25) is 5.91 Å². The molecule has 0 bridgehead atoms. The van der Waals surface area contributed by atoms with Gasteiger partial charge in [0, 0.05) is 31.9 Å². The summed E-state index contributed by atoms with van der Waals surface area (Å²) in [5, 5.41) is 6.38. The second-order valence-electron chi connectivity index (χ2n) is 6.22. The van der Waals surface area contributed by atoms with Crippen LogP contribution in [0.2, 0.25) is 0 Å². The van der Waals surface area contributed by atoms with Crippen LogP contribution in [0.25, 0.3) is 0 Å². The molecule has 0 fully saturated rings. The van der Waals surface area contributed by atoms with Gasteiger partial charge < -0.3 is 15.5 Å². The van der Waals surface area contributed by atoms with Crippen LogP contribution in [0.3, 0.4) is 0 Å². The molecule has 0 aliphatic heterocycles. The van der Waals surface area contributed by atoms with Crippen LogP contribution in [0, 0.1) is 5.92 Å². The predicted octanol–water partition coefficient (Wildman–Crippen LogP) is 2.39. The zero-order valence-corrected chi connectivity index (χ0v) is 13.9. The molecule has 2 N–H and O–H groups in total. The molecule has 0 aliphatic carbocycles. The van der Waals surface area contributed by atoms with E-state index in [0.717, 1.165) is 18.8 Å². The summed E-state index contributed by atoms with van der Waals surface area (Å²) in [6.07, 6.45) is 0. The summed E-state index contributed by atoms with van der Waals surface area (Å²) in [6.45, 7) is 10.4. The number of hydrogen-bond acceptors (Lipinski definition) is 3. The molecule has 0 atom stereocenters. The highest BCUT2D eigenvalue weighted by Crippen LogP contribution is 2.18. The molecule has 1 aromatic rings. The summed E-state index contributed by atoms with van der Waals surface area (Å²) < 4.78 is 0. The predicted molar refractivity (Wildman–Crippen MR) is 89.5 cm³/mol. The molecule has 1 rings (SSSR count). The number of carbonyl (C=O) groups is 1. The van der Waals surface area contributed by atoms with Gasteiger partial charge in [0.15, 0.2) is 0 Å². The van der Waals surface area contributed by atoms with Gasteiger partial charge in [-0.3, -0.25) is 4.79 Å². The van der Waals surface area contributed by atoms with Gasteiger partial charge in [0.1, 0.15) is 0 Å². The molecule has 0 radical (unpaired) electrons. The van der Waals surface area contributed by atoms with E-state index in [9.17, 15) is 4.79 Å². The topological polar surface area (TPSA) is 44.4 Å². The molecule has 0 aliphatic rings. The average Bonchev–Trinajstić information content (AvgIpc) is 2.43. The first-order chi connectivity index (χ1) is 9.90. The summed E-state index contributed by atoms with van der Waals surface area (Å²) in [5.41, 5.74) is 2.32. The lowest BCUT2D eigenvalue weighted by atomic mass is 10.1. The number of benzene rings is 1. The highest BCUT2D eigenvalue weighted by Gasteiger charge is 2.11. The number of nitrogens with zero attached hydrogens (tertiary/aromatic N) is 1. The Labute approximate surface area is 128 Å². The van der Waals surface area contributed by atoms with Crippen LogP contribution in [0.1, 0.15) is 33.3 Å². The van der Waals surface area contributed by atoms with E-state index >= 15 is 0 Å². The minimum absolute atomic E-state index is 0.0674. The Morgan fingerprint density at radius 3 is 2.48 bits per heavy atom. The molecule has 4 heteroatoms. The summed E-state index contributed by atoms with van der Waals surface area (Å²) in [6, 6.07) is 8.66. The third kappa shape index (κ3) is 6.63. The van der Waals surface area contributed by atoms with Crippen molar-refractivity contribution in [3.05, 3.63) is 29.8 Å². The van der Waals surface area contributed by atoms with Crippen LogP contribution in [-0.2, 0) is 11.3 Å². The van der Waals surface area contributed by atoms with Crippen LogP contribution in [0.4, 0.5) is 5.69 Å². The van der Waals surface area contributed by atoms with Gasteiger partial charge in [-0.05, 0) is 17.5 Å². The number of para-hydroxylation sites is 1. The average molecular weight is 291 g/mol. The fourth-order valence-corrected chi connectivity index (χ4v) is 2.02. The van der Waals surface area contributed by atoms with E-state index < -0.39 is 0 Å². The number of rotatable bonds is 8. The lowest BCUT2D eigenvalue weighted by Gasteiger charge is -2.23. The van der Waals surface area contributed by atoms with Crippen LogP contribution in [-0.4, -0.2) is 32.1 Å². The quantitative estimate of drug-likeness (QED) is 0.773. The van der Waals surface area contributed by atoms with Crippen molar-refractivity contribution in [2.24, 2.45) is 5.92 Å². The molecule has 4 nitrogen and oxygen atoms in total. The van der Waals surface area contributed by atoms with E-state index in [1.807, 2.05) is 24.1 Å². The summed E-state index contributed by atoms with van der Waals surface area (Å²) in [5.74, 6) is 0.541. The number of hydrogen-bond donors (Lipinski definition) is 2. The minimum Gasteiger partial charge on any atom is -0.365 e. The Morgan fingerprint density at radius 2 is 1.86 bits per heavy atom. The molecule has 0 unspecified atom stereocenters. The van der Waals surface area contributed by atoms with Gasteiger partial charge in [0.25, 0.3) is 0 Å². The van der Waals surface area contributed by atoms with Crippen molar-refractivity contribution in [2.75, 3.05) is 25.0 Å². The summed E-state index contributed by atoms with van der Waals surface area (Å²) in [7, 11) is 1.96. The van der Waals surface area contributed by atoms with Gasteiger partial charge in [-0.15, -0.1) is 0 Å². The molecular formula is C17H29N3O. The first-order valence-electron chi connectivity index (χ1n) is 7.69. The molecule has 0 aromatic heterocycles. The minimum atomic E-state index is 0.0674. The van der Waals surface area contributed by atoms with Gasteiger partial charge in [-0.1, -0.05) is 45.9 Å². The van der Waals surface area contributed by atoms with Crippen molar-refractivity contribution < 1.29 is 4.79 Å². The standard InChI is InChI=1S/C17H29N3O/c1-13(2)10-19-17(21)12-20(5)16-9-7-6-8-15(16)11-18-14(3)4/h6-9,13-14,18H,10-12H2,1-5H3,(H,19,21). The number of likely N-dealkylation sites (N-methyl/N-ethyl adjacent to an activating group) is 1. The fraction of sp³-hybridized carbons (Fsp3) is 0.588. The Morgan fingerprint density at radius 1 is 1.19 bits per heavy atom. The van der Waals surface area contributed by atoms with Gasteiger partial charge in [-0.25, -0.2) is 0 Å². The molecule has 1 aromatic carbocycles. The van der Waals surface area contributed by atoms with Crippen LogP contribution < -0.4 is 15.5 Å². The van der Waals surface area contributed by atoms with Crippen molar-refractivity contribution in [3.8, 4) is 0 Å². The number of anilines is 1. The van der Waals surface area contributed by atoms with E-state index in [1.165, 1.54) is 5.56 Å². The Balaban J connectivity index is 2.64. The van der Waals surface area contributed by atoms with E-state index in [-0.39, 0.29) is 5.91 Å². The Kier molecular flexibility index (Phi) is 7.23. The zero-order valence-electron chi connectivity index (χ0n) is 13.9. The summed E-state index contributed by atoms with van der Waals surface area (Å²) in [4.78, 5) is 13.9. The second-order valence-corrected chi connectivity index (χ2v) is 6.22. The van der Waals surface area contributed by atoms with E-state index in [4.69, 9.17) is 0 Å². The van der Waals surface area contributed by atoms with E-state index in [1.54, 1.807) is 0 Å². The highest BCUT2D eigenvalue weighted by molar-refractivity contribution is 5.81. The molecule has 0 saturated carbocycles. The Bertz CT molecular complexity index is 443. The van der Waals surface area contributed by atoms with Gasteiger partial charge in [-0.2, -0.15) is 0 Å². The van der Waals surface area contributed by atoms with Crippen molar-refractivity contribution in [2.45, 2.75) is 40.3 Å². The number of amides is 1. The van der Waals surface area contributed by atoms with E-state index in [2.05, 4.69) is 50.5 Å².